The van der Waals surface area contributed by atoms with Gasteiger partial charge in [-0.25, -0.2) is 8.42 Å². The Hall–Kier alpha value is -1.83. The van der Waals surface area contributed by atoms with E-state index in [2.05, 4.69) is 0 Å². The molecule has 24 heavy (non-hydrogen) atoms. The van der Waals surface area contributed by atoms with Gasteiger partial charge < -0.3 is 0 Å². The lowest BCUT2D eigenvalue weighted by Crippen LogP contribution is -2.30. The van der Waals surface area contributed by atoms with Crippen LogP contribution in [0.1, 0.15) is 12.5 Å². The molecule has 0 aliphatic rings. The molecule has 0 aliphatic heterocycles. The average Bonchev–Trinajstić information content (AvgIpc) is 2.51. The summed E-state index contributed by atoms with van der Waals surface area (Å²) < 4.78 is 26.9. The van der Waals surface area contributed by atoms with Gasteiger partial charge in [0, 0.05) is 18.2 Å². The number of hydrogen-bond acceptors (Lipinski definition) is 4. The van der Waals surface area contributed by atoms with Gasteiger partial charge in [0.15, 0.2) is 0 Å². The molecule has 2 aromatic rings. The van der Waals surface area contributed by atoms with Gasteiger partial charge >= 0.3 is 0 Å². The Morgan fingerprint density at radius 2 is 1.79 bits per heavy atom. The number of benzene rings is 2. The number of sulfonamides is 1. The molecule has 0 unspecified atom stereocenters. The van der Waals surface area contributed by atoms with Crippen molar-refractivity contribution in [2.75, 3.05) is 10.8 Å². The lowest BCUT2D eigenvalue weighted by atomic mass is 10.2. The van der Waals surface area contributed by atoms with Gasteiger partial charge in [0.25, 0.3) is 15.7 Å². The summed E-state index contributed by atoms with van der Waals surface area (Å²) in [5.74, 6) is 0. The lowest BCUT2D eigenvalue weighted by molar-refractivity contribution is -0.385. The first kappa shape index (κ1) is 18.5. The molecule has 0 atom stereocenters. The number of anilines is 1. The van der Waals surface area contributed by atoms with Gasteiger partial charge in [-0.3, -0.25) is 14.4 Å². The molecular formula is C15H14Cl2N2O4S. The quantitative estimate of drug-likeness (QED) is 0.560. The summed E-state index contributed by atoms with van der Waals surface area (Å²) in [5, 5.41) is 11.6. The number of rotatable bonds is 5. The third-order valence-corrected chi connectivity index (χ3v) is 6.08. The molecule has 9 heteroatoms. The summed E-state index contributed by atoms with van der Waals surface area (Å²) in [4.78, 5) is 10.3. The van der Waals surface area contributed by atoms with E-state index in [1.807, 2.05) is 0 Å². The van der Waals surface area contributed by atoms with Crippen LogP contribution in [-0.2, 0) is 10.0 Å². The van der Waals surface area contributed by atoms with Crippen molar-refractivity contribution in [3.8, 4) is 0 Å². The highest BCUT2D eigenvalue weighted by Crippen LogP contribution is 2.31. The highest BCUT2D eigenvalue weighted by Gasteiger charge is 2.26. The minimum absolute atomic E-state index is 0.127. The zero-order valence-corrected chi connectivity index (χ0v) is 15.2. The monoisotopic (exact) mass is 388 g/mol. The van der Waals surface area contributed by atoms with Crippen molar-refractivity contribution in [3.63, 3.8) is 0 Å². The minimum Gasteiger partial charge on any atom is -0.267 e. The van der Waals surface area contributed by atoms with E-state index in [9.17, 15) is 18.5 Å². The Labute approximate surface area is 149 Å². The summed E-state index contributed by atoms with van der Waals surface area (Å²) in [6.45, 7) is 3.33. The standard InChI is InChI=1S/C15H14Cl2N2O4S/c1-3-18(11-5-7-13(16)14(17)8-11)24(22,23)12-6-4-10(2)15(9-12)19(20)21/h4-9H,3H2,1-2H3. The van der Waals surface area contributed by atoms with E-state index in [1.165, 1.54) is 30.3 Å². The molecule has 0 N–H and O–H groups in total. The molecule has 0 spiro atoms. The van der Waals surface area contributed by atoms with E-state index >= 15 is 0 Å². The van der Waals surface area contributed by atoms with Crippen LogP contribution < -0.4 is 4.31 Å². The Kier molecular flexibility index (Phi) is 5.37. The first-order chi connectivity index (χ1) is 11.2. The molecule has 0 saturated carbocycles. The van der Waals surface area contributed by atoms with Gasteiger partial charge in [-0.1, -0.05) is 29.3 Å². The summed E-state index contributed by atoms with van der Waals surface area (Å²) in [6, 6.07) is 8.27. The molecular weight excluding hydrogens is 375 g/mol. The van der Waals surface area contributed by atoms with E-state index in [-0.39, 0.29) is 22.2 Å². The lowest BCUT2D eigenvalue weighted by Gasteiger charge is -2.23. The van der Waals surface area contributed by atoms with Crippen LogP contribution in [0.5, 0.6) is 0 Å². The Morgan fingerprint density at radius 1 is 1.12 bits per heavy atom. The summed E-state index contributed by atoms with van der Waals surface area (Å²) in [7, 11) is -3.98. The van der Waals surface area contributed by atoms with Crippen LogP contribution >= 0.6 is 23.2 Å². The topological polar surface area (TPSA) is 80.5 Å². The van der Waals surface area contributed by atoms with Crippen LogP contribution in [0.3, 0.4) is 0 Å². The number of nitrogens with zero attached hydrogens (tertiary/aromatic N) is 2. The second-order valence-electron chi connectivity index (χ2n) is 4.97. The van der Waals surface area contributed by atoms with Crippen LogP contribution in [0.25, 0.3) is 0 Å². The highest BCUT2D eigenvalue weighted by atomic mass is 35.5. The number of aryl methyl sites for hydroxylation is 1. The molecule has 0 aliphatic carbocycles. The maximum absolute atomic E-state index is 12.9. The molecule has 128 valence electrons. The first-order valence-electron chi connectivity index (χ1n) is 6.91. The van der Waals surface area contributed by atoms with Gasteiger partial charge in [0.05, 0.1) is 25.6 Å². The van der Waals surface area contributed by atoms with Crippen molar-refractivity contribution in [3.05, 3.63) is 62.1 Å². The predicted octanol–water partition coefficient (Wildman–Crippen LogP) is 4.43. The van der Waals surface area contributed by atoms with Gasteiger partial charge in [0.2, 0.25) is 0 Å². The van der Waals surface area contributed by atoms with Gasteiger partial charge in [-0.15, -0.1) is 0 Å². The third-order valence-electron chi connectivity index (χ3n) is 3.44. The number of hydrogen-bond donors (Lipinski definition) is 0. The fourth-order valence-corrected chi connectivity index (χ4v) is 3.98. The molecule has 0 amide bonds. The highest BCUT2D eigenvalue weighted by molar-refractivity contribution is 7.92. The zero-order valence-electron chi connectivity index (χ0n) is 12.9. The summed E-state index contributed by atoms with van der Waals surface area (Å²) in [5.41, 5.74) is 0.466. The van der Waals surface area contributed by atoms with E-state index in [0.717, 1.165) is 10.4 Å². The number of halogens is 2. The van der Waals surface area contributed by atoms with Crippen molar-refractivity contribution in [2.45, 2.75) is 18.7 Å². The van der Waals surface area contributed by atoms with Crippen LogP contribution in [0, 0.1) is 17.0 Å². The van der Waals surface area contributed by atoms with Crippen molar-refractivity contribution in [2.24, 2.45) is 0 Å². The van der Waals surface area contributed by atoms with Crippen molar-refractivity contribution < 1.29 is 13.3 Å². The van der Waals surface area contributed by atoms with E-state index in [0.29, 0.717) is 16.3 Å². The van der Waals surface area contributed by atoms with Crippen LogP contribution in [-0.4, -0.2) is 19.9 Å². The Balaban J connectivity index is 2.56. The predicted molar refractivity (Wildman–Crippen MR) is 94.5 cm³/mol. The van der Waals surface area contributed by atoms with Crippen molar-refractivity contribution >= 4 is 44.6 Å². The summed E-state index contributed by atoms with van der Waals surface area (Å²) >= 11 is 11.8. The molecule has 0 heterocycles. The van der Waals surface area contributed by atoms with E-state index in [4.69, 9.17) is 23.2 Å². The molecule has 0 aromatic heterocycles. The first-order valence-corrected chi connectivity index (χ1v) is 9.11. The molecule has 0 radical (unpaired) electrons. The Morgan fingerprint density at radius 3 is 2.33 bits per heavy atom. The fraction of sp³-hybridized carbons (Fsp3) is 0.200. The molecule has 0 bridgehead atoms. The van der Waals surface area contributed by atoms with Gasteiger partial charge in [-0.2, -0.15) is 0 Å². The second-order valence-corrected chi connectivity index (χ2v) is 7.65. The van der Waals surface area contributed by atoms with Gasteiger partial charge in [0.1, 0.15) is 0 Å². The molecule has 6 nitrogen and oxygen atoms in total. The normalized spacial score (nSPS) is 11.3. The average molecular weight is 389 g/mol. The smallest absolute Gasteiger partial charge is 0.267 e. The van der Waals surface area contributed by atoms with E-state index in [1.54, 1.807) is 13.8 Å². The molecule has 0 fully saturated rings. The van der Waals surface area contributed by atoms with Crippen LogP contribution in [0.15, 0.2) is 41.3 Å². The minimum atomic E-state index is -3.98. The van der Waals surface area contributed by atoms with E-state index < -0.39 is 14.9 Å². The number of nitro benzene ring substituents is 1. The third kappa shape index (κ3) is 3.48. The molecule has 2 aromatic carbocycles. The maximum atomic E-state index is 12.9. The SMILES string of the molecule is CCN(c1ccc(Cl)c(Cl)c1)S(=O)(=O)c1ccc(C)c([N+](=O)[O-])c1. The number of nitro groups is 1. The Bertz CT molecular complexity index is 900. The molecule has 2 rings (SSSR count). The van der Waals surface area contributed by atoms with Gasteiger partial charge in [-0.05, 0) is 38.1 Å². The second kappa shape index (κ2) is 6.96. The summed E-state index contributed by atoms with van der Waals surface area (Å²) in [6.07, 6.45) is 0. The molecule has 0 saturated heterocycles. The maximum Gasteiger partial charge on any atom is 0.273 e. The largest absolute Gasteiger partial charge is 0.273 e. The van der Waals surface area contributed by atoms with Crippen molar-refractivity contribution in [1.29, 1.82) is 0 Å². The van der Waals surface area contributed by atoms with Crippen LogP contribution in [0.4, 0.5) is 11.4 Å². The fourth-order valence-electron chi connectivity index (χ4n) is 2.21. The van der Waals surface area contributed by atoms with Crippen molar-refractivity contribution in [1.82, 2.24) is 0 Å². The zero-order chi connectivity index (χ0) is 18.1. The van der Waals surface area contributed by atoms with Crippen LogP contribution in [0.2, 0.25) is 10.0 Å².